The molecule has 0 fully saturated rings. The van der Waals surface area contributed by atoms with Crippen LogP contribution < -0.4 is 5.73 Å². The van der Waals surface area contributed by atoms with Crippen LogP contribution >= 0.6 is 16.8 Å². The quantitative estimate of drug-likeness (QED) is 0.352. The molecule has 0 aliphatic rings. The van der Waals surface area contributed by atoms with Gasteiger partial charge in [0.15, 0.2) is 21.8 Å². The van der Waals surface area contributed by atoms with E-state index in [9.17, 15) is 0 Å². The van der Waals surface area contributed by atoms with Gasteiger partial charge < -0.3 is 25.3 Å². The van der Waals surface area contributed by atoms with Crippen LogP contribution in [0.1, 0.15) is 6.92 Å². The lowest BCUT2D eigenvalue weighted by Crippen LogP contribution is -2.31. The van der Waals surface area contributed by atoms with Crippen molar-refractivity contribution >= 4 is 16.8 Å². The standard InChI is InChI=1S/C2H9NO4P2/c1-2(3,8(4)5)9(6)7/h4-7H,3H2,1H3. The Morgan fingerprint density at radius 1 is 1.11 bits per heavy atom. The summed E-state index contributed by atoms with van der Waals surface area (Å²) in [5, 5.41) is -1.65. The SMILES string of the molecule is CC(N)(P(O)O)P(O)O. The van der Waals surface area contributed by atoms with Gasteiger partial charge in [-0.3, -0.25) is 0 Å². The van der Waals surface area contributed by atoms with Crippen molar-refractivity contribution in [1.82, 2.24) is 0 Å². The predicted octanol–water partition coefficient (Wildman–Crippen LogP) is -0.788. The van der Waals surface area contributed by atoms with Crippen molar-refractivity contribution in [3.05, 3.63) is 0 Å². The summed E-state index contributed by atoms with van der Waals surface area (Å²) in [6.07, 6.45) is 0. The van der Waals surface area contributed by atoms with Crippen LogP contribution in [0.3, 0.4) is 0 Å². The van der Waals surface area contributed by atoms with E-state index in [0.717, 1.165) is 0 Å². The fourth-order valence-electron chi connectivity index (χ4n) is 0.0800. The summed E-state index contributed by atoms with van der Waals surface area (Å²) >= 11 is 0. The average molecular weight is 173 g/mol. The molecule has 9 heavy (non-hydrogen) atoms. The van der Waals surface area contributed by atoms with E-state index in [4.69, 9.17) is 25.3 Å². The molecule has 0 saturated heterocycles. The number of rotatable bonds is 2. The van der Waals surface area contributed by atoms with Gasteiger partial charge in [0.05, 0.1) is 0 Å². The van der Waals surface area contributed by atoms with Gasteiger partial charge in [-0.2, -0.15) is 0 Å². The summed E-state index contributed by atoms with van der Waals surface area (Å²) in [5.74, 6) is 0. The molecule has 0 aromatic heterocycles. The monoisotopic (exact) mass is 173 g/mol. The molecule has 0 bridgehead atoms. The van der Waals surface area contributed by atoms with Gasteiger partial charge in [-0.25, -0.2) is 0 Å². The topological polar surface area (TPSA) is 107 Å². The summed E-state index contributed by atoms with van der Waals surface area (Å²) in [7, 11) is -4.95. The van der Waals surface area contributed by atoms with E-state index < -0.39 is 21.8 Å². The van der Waals surface area contributed by atoms with Gasteiger partial charge >= 0.3 is 0 Å². The van der Waals surface area contributed by atoms with Crippen LogP contribution in [-0.2, 0) is 0 Å². The molecule has 0 atom stereocenters. The highest BCUT2D eigenvalue weighted by atomic mass is 31.2. The third-order valence-corrected chi connectivity index (χ3v) is 3.50. The van der Waals surface area contributed by atoms with Crippen LogP contribution in [0.15, 0.2) is 0 Å². The molecule has 0 radical (unpaired) electrons. The molecule has 0 heterocycles. The maximum atomic E-state index is 8.44. The molecular formula is C2H9NO4P2. The fraction of sp³-hybridized carbons (Fsp3) is 1.00. The smallest absolute Gasteiger partial charge is 0.195 e. The second-order valence-electron chi connectivity index (χ2n) is 1.67. The van der Waals surface area contributed by atoms with E-state index in [0.29, 0.717) is 0 Å². The minimum absolute atomic E-state index is 1.17. The molecule has 0 aromatic rings. The zero-order chi connectivity index (χ0) is 7.65. The Balaban J connectivity index is 4.01. The van der Waals surface area contributed by atoms with Crippen LogP contribution in [0.4, 0.5) is 0 Å². The van der Waals surface area contributed by atoms with Crippen LogP contribution in [-0.4, -0.2) is 24.6 Å². The molecule has 5 nitrogen and oxygen atoms in total. The molecule has 0 aliphatic heterocycles. The minimum atomic E-state index is -2.48. The number of hydrogen-bond acceptors (Lipinski definition) is 5. The van der Waals surface area contributed by atoms with Crippen molar-refractivity contribution in [2.75, 3.05) is 0 Å². The van der Waals surface area contributed by atoms with Crippen LogP contribution in [0, 0.1) is 0 Å². The minimum Gasteiger partial charge on any atom is -0.348 e. The molecule has 0 aliphatic carbocycles. The molecule has 0 spiro atoms. The Kier molecular flexibility index (Phi) is 3.40. The van der Waals surface area contributed by atoms with Crippen molar-refractivity contribution < 1.29 is 19.6 Å². The van der Waals surface area contributed by atoms with Crippen molar-refractivity contribution in [2.24, 2.45) is 5.73 Å². The molecule has 7 heteroatoms. The van der Waals surface area contributed by atoms with Crippen molar-refractivity contribution in [2.45, 2.75) is 11.9 Å². The highest BCUT2D eigenvalue weighted by Gasteiger charge is 2.36. The van der Waals surface area contributed by atoms with E-state index in [2.05, 4.69) is 0 Å². The summed E-state index contributed by atoms with van der Waals surface area (Å²) in [6, 6.07) is 0. The van der Waals surface area contributed by atoms with E-state index in [1.54, 1.807) is 0 Å². The maximum Gasteiger partial charge on any atom is 0.195 e. The molecule has 0 amide bonds. The maximum absolute atomic E-state index is 8.44. The molecule has 56 valence electrons. The molecular weight excluding hydrogens is 164 g/mol. The molecule has 0 aromatic carbocycles. The lowest BCUT2D eigenvalue weighted by atomic mass is 10.8. The summed E-state index contributed by atoms with van der Waals surface area (Å²) in [5.41, 5.74) is 5.06. The molecule has 0 rings (SSSR count). The fourth-order valence-corrected chi connectivity index (χ4v) is 0.720. The van der Waals surface area contributed by atoms with Gasteiger partial charge in [0.2, 0.25) is 0 Å². The normalized spacial score (nSPS) is 13.3. The highest BCUT2D eigenvalue weighted by Crippen LogP contribution is 2.55. The summed E-state index contributed by atoms with van der Waals surface area (Å²) in [6.45, 7) is 1.17. The summed E-state index contributed by atoms with van der Waals surface area (Å²) in [4.78, 5) is 33.8. The van der Waals surface area contributed by atoms with Crippen molar-refractivity contribution in [3.8, 4) is 0 Å². The number of hydrogen-bond donors (Lipinski definition) is 5. The third-order valence-electron chi connectivity index (χ3n) is 0.810. The first kappa shape index (κ1) is 9.66. The van der Waals surface area contributed by atoms with Gasteiger partial charge in [-0.15, -0.1) is 0 Å². The Labute approximate surface area is 55.0 Å². The van der Waals surface area contributed by atoms with Gasteiger partial charge in [-0.1, -0.05) is 0 Å². The highest BCUT2D eigenvalue weighted by molar-refractivity contribution is 7.66. The second kappa shape index (κ2) is 3.17. The molecule has 0 unspecified atom stereocenters. The predicted molar refractivity (Wildman–Crippen MR) is 35.3 cm³/mol. The Bertz CT molecular complexity index is 84.6. The lowest BCUT2D eigenvalue weighted by Gasteiger charge is -2.25. The average Bonchev–Trinajstić information content (AvgIpc) is 1.65. The Morgan fingerprint density at radius 2 is 1.33 bits per heavy atom. The second-order valence-corrected chi connectivity index (χ2v) is 5.04. The van der Waals surface area contributed by atoms with E-state index >= 15 is 0 Å². The van der Waals surface area contributed by atoms with E-state index in [-0.39, 0.29) is 0 Å². The van der Waals surface area contributed by atoms with E-state index in [1.807, 2.05) is 0 Å². The first-order valence-corrected chi connectivity index (χ1v) is 4.53. The van der Waals surface area contributed by atoms with Gasteiger partial charge in [0.25, 0.3) is 0 Å². The zero-order valence-electron chi connectivity index (χ0n) is 4.76. The molecule has 6 N–H and O–H groups in total. The first-order chi connectivity index (χ1) is 3.89. The zero-order valence-corrected chi connectivity index (χ0v) is 6.55. The Hall–Kier alpha value is 0.660. The molecule has 0 saturated carbocycles. The van der Waals surface area contributed by atoms with Crippen LogP contribution in [0.25, 0.3) is 0 Å². The van der Waals surface area contributed by atoms with Crippen molar-refractivity contribution in [3.63, 3.8) is 0 Å². The Morgan fingerprint density at radius 3 is 1.33 bits per heavy atom. The van der Waals surface area contributed by atoms with Gasteiger partial charge in [-0.05, 0) is 6.92 Å². The van der Waals surface area contributed by atoms with Crippen LogP contribution in [0.5, 0.6) is 0 Å². The van der Waals surface area contributed by atoms with Crippen LogP contribution in [0.2, 0.25) is 0 Å². The van der Waals surface area contributed by atoms with E-state index in [1.165, 1.54) is 6.92 Å². The van der Waals surface area contributed by atoms with Crippen molar-refractivity contribution in [1.29, 1.82) is 0 Å². The third kappa shape index (κ3) is 2.40. The summed E-state index contributed by atoms with van der Waals surface area (Å²) < 4.78 is 0. The van der Waals surface area contributed by atoms with Gasteiger partial charge in [0.1, 0.15) is 0 Å². The van der Waals surface area contributed by atoms with Gasteiger partial charge in [0, 0.05) is 0 Å². The first-order valence-electron chi connectivity index (χ1n) is 2.04. The number of nitrogens with two attached hydrogens (primary N) is 1. The lowest BCUT2D eigenvalue weighted by molar-refractivity contribution is 0.422. The largest absolute Gasteiger partial charge is 0.348 e.